The Morgan fingerprint density at radius 1 is 1.06 bits per heavy atom. The number of Topliss-reactive ketones (excluding diaryl/α,β-unsaturated/α-hetero) is 1. The molecule has 0 aliphatic carbocycles. The highest BCUT2D eigenvalue weighted by atomic mass is 16.5. The highest BCUT2D eigenvalue weighted by Gasteiger charge is 2.47. The number of aliphatic hydroxyl groups is 1. The van der Waals surface area contributed by atoms with Crippen LogP contribution in [0.25, 0.3) is 5.76 Å². The minimum atomic E-state index is -0.798. The van der Waals surface area contributed by atoms with E-state index in [1.807, 2.05) is 26.0 Å². The van der Waals surface area contributed by atoms with Crippen LogP contribution >= 0.6 is 0 Å². The van der Waals surface area contributed by atoms with Gasteiger partial charge in [-0.2, -0.15) is 0 Å². The van der Waals surface area contributed by atoms with Crippen molar-refractivity contribution in [2.45, 2.75) is 19.9 Å². The number of carbonyl (C=O) groups excluding carboxylic acids is 2. The zero-order valence-electron chi connectivity index (χ0n) is 17.3. The predicted octanol–water partition coefficient (Wildman–Crippen LogP) is 4.42. The van der Waals surface area contributed by atoms with Crippen LogP contribution in [0.5, 0.6) is 5.75 Å². The molecule has 1 saturated heterocycles. The maximum atomic E-state index is 13.1. The lowest BCUT2D eigenvalue weighted by atomic mass is 9.96. The summed E-state index contributed by atoms with van der Waals surface area (Å²) in [5, 5.41) is 11.0. The lowest BCUT2D eigenvalue weighted by molar-refractivity contribution is -0.132. The molecule has 6 heteroatoms. The fourth-order valence-corrected chi connectivity index (χ4v) is 3.69. The standard InChI is InChI=1S/C25H22N2O4/c1-3-31-20-12-10-19(11-13-20)27-22(18-5-4-14-26-15-18)21(24(29)25(27)30)23(28)17-8-6-16(2)7-9-17/h4-15,22,28H,3H2,1-2H3/t22-/m1/s1. The third-order valence-corrected chi connectivity index (χ3v) is 5.20. The highest BCUT2D eigenvalue weighted by molar-refractivity contribution is 6.51. The Bertz CT molecular complexity index is 1140. The number of hydrogen-bond donors (Lipinski definition) is 1. The molecule has 1 fully saturated rings. The van der Waals surface area contributed by atoms with Crippen molar-refractivity contribution in [1.29, 1.82) is 0 Å². The Labute approximate surface area is 180 Å². The number of aliphatic hydroxyl groups excluding tert-OH is 1. The molecule has 6 nitrogen and oxygen atoms in total. The van der Waals surface area contributed by atoms with Crippen LogP contribution in [0.2, 0.25) is 0 Å². The second-order valence-corrected chi connectivity index (χ2v) is 7.25. The Morgan fingerprint density at radius 3 is 2.39 bits per heavy atom. The van der Waals surface area contributed by atoms with Crippen LogP contribution in [0.1, 0.15) is 29.7 Å². The molecule has 4 rings (SSSR count). The smallest absolute Gasteiger partial charge is 0.300 e. The number of hydrogen-bond acceptors (Lipinski definition) is 5. The van der Waals surface area contributed by atoms with E-state index in [1.54, 1.807) is 60.9 Å². The van der Waals surface area contributed by atoms with Gasteiger partial charge in [-0.3, -0.25) is 19.5 Å². The summed E-state index contributed by atoms with van der Waals surface area (Å²) >= 11 is 0. The molecule has 2 aromatic carbocycles. The second-order valence-electron chi connectivity index (χ2n) is 7.25. The summed E-state index contributed by atoms with van der Waals surface area (Å²) in [4.78, 5) is 31.7. The summed E-state index contributed by atoms with van der Waals surface area (Å²) < 4.78 is 5.48. The van der Waals surface area contributed by atoms with Gasteiger partial charge in [0.15, 0.2) is 0 Å². The molecule has 1 aromatic heterocycles. The number of amides is 1. The Balaban J connectivity index is 1.87. The molecule has 0 bridgehead atoms. The van der Waals surface area contributed by atoms with Crippen molar-refractivity contribution in [1.82, 2.24) is 4.98 Å². The van der Waals surface area contributed by atoms with E-state index in [9.17, 15) is 14.7 Å². The molecule has 0 saturated carbocycles. The van der Waals surface area contributed by atoms with Gasteiger partial charge in [0.25, 0.3) is 11.7 Å². The number of anilines is 1. The third kappa shape index (κ3) is 3.80. The summed E-state index contributed by atoms with van der Waals surface area (Å²) in [5.41, 5.74) is 2.70. The molecule has 156 valence electrons. The Hall–Kier alpha value is -3.93. The van der Waals surface area contributed by atoms with Crippen LogP contribution in [-0.4, -0.2) is 28.4 Å². The van der Waals surface area contributed by atoms with Gasteiger partial charge in [-0.05, 0) is 49.7 Å². The van der Waals surface area contributed by atoms with E-state index in [-0.39, 0.29) is 11.3 Å². The van der Waals surface area contributed by atoms with Crippen molar-refractivity contribution in [2.75, 3.05) is 11.5 Å². The van der Waals surface area contributed by atoms with Crippen LogP contribution in [0.15, 0.2) is 78.6 Å². The number of rotatable bonds is 5. The topological polar surface area (TPSA) is 79.7 Å². The van der Waals surface area contributed by atoms with Gasteiger partial charge in [0, 0.05) is 23.6 Å². The Kier molecular flexibility index (Phi) is 5.54. The average molecular weight is 414 g/mol. The first kappa shape index (κ1) is 20.3. The van der Waals surface area contributed by atoms with E-state index in [0.29, 0.717) is 29.2 Å². The summed E-state index contributed by atoms with van der Waals surface area (Å²) in [6.07, 6.45) is 3.22. The lowest BCUT2D eigenvalue weighted by Gasteiger charge is -2.25. The molecule has 0 radical (unpaired) electrons. The Morgan fingerprint density at radius 2 is 1.77 bits per heavy atom. The van der Waals surface area contributed by atoms with Crippen LogP contribution in [0.3, 0.4) is 0 Å². The third-order valence-electron chi connectivity index (χ3n) is 5.20. The second kappa shape index (κ2) is 8.44. The van der Waals surface area contributed by atoms with Gasteiger partial charge in [-0.15, -0.1) is 0 Å². The van der Waals surface area contributed by atoms with E-state index in [4.69, 9.17) is 4.74 Å². The molecule has 3 aromatic rings. The molecule has 1 N–H and O–H groups in total. The summed E-state index contributed by atoms with van der Waals surface area (Å²) in [7, 11) is 0. The minimum absolute atomic E-state index is 0.0377. The molecule has 1 atom stereocenters. The molecular weight excluding hydrogens is 392 g/mol. The molecule has 1 aliphatic heterocycles. The summed E-state index contributed by atoms with van der Waals surface area (Å²) in [6, 6.07) is 16.8. The maximum Gasteiger partial charge on any atom is 0.300 e. The normalized spacial score (nSPS) is 17.7. The first-order valence-corrected chi connectivity index (χ1v) is 10.0. The molecule has 0 spiro atoms. The lowest BCUT2D eigenvalue weighted by Crippen LogP contribution is -2.29. The maximum absolute atomic E-state index is 13.1. The van der Waals surface area contributed by atoms with E-state index in [1.165, 1.54) is 4.90 Å². The number of ether oxygens (including phenoxy) is 1. The first-order valence-electron chi connectivity index (χ1n) is 10.0. The van der Waals surface area contributed by atoms with Gasteiger partial charge in [-0.1, -0.05) is 35.9 Å². The monoisotopic (exact) mass is 414 g/mol. The van der Waals surface area contributed by atoms with Crippen LogP contribution < -0.4 is 9.64 Å². The molecule has 1 aliphatic rings. The van der Waals surface area contributed by atoms with Gasteiger partial charge in [0.05, 0.1) is 18.2 Å². The van der Waals surface area contributed by atoms with E-state index in [0.717, 1.165) is 5.56 Å². The number of carbonyl (C=O) groups is 2. The van der Waals surface area contributed by atoms with E-state index in [2.05, 4.69) is 4.98 Å². The number of benzene rings is 2. The largest absolute Gasteiger partial charge is 0.507 e. The van der Waals surface area contributed by atoms with Crippen molar-refractivity contribution in [3.05, 3.63) is 95.3 Å². The van der Waals surface area contributed by atoms with E-state index < -0.39 is 17.7 Å². The summed E-state index contributed by atoms with van der Waals surface area (Å²) in [6.45, 7) is 4.35. The number of pyridine rings is 1. The van der Waals surface area contributed by atoms with Gasteiger partial charge >= 0.3 is 0 Å². The number of aromatic nitrogens is 1. The summed E-state index contributed by atoms with van der Waals surface area (Å²) in [5.74, 6) is -0.978. The van der Waals surface area contributed by atoms with Gasteiger partial charge < -0.3 is 9.84 Å². The van der Waals surface area contributed by atoms with Gasteiger partial charge in [0.1, 0.15) is 11.5 Å². The van der Waals surface area contributed by atoms with Crippen LogP contribution in [-0.2, 0) is 9.59 Å². The fraction of sp³-hybridized carbons (Fsp3) is 0.160. The quantitative estimate of drug-likeness (QED) is 0.380. The van der Waals surface area contributed by atoms with Crippen molar-refractivity contribution in [2.24, 2.45) is 0 Å². The van der Waals surface area contributed by atoms with Gasteiger partial charge in [-0.25, -0.2) is 0 Å². The van der Waals surface area contributed by atoms with Crippen LogP contribution in [0, 0.1) is 6.92 Å². The highest BCUT2D eigenvalue weighted by Crippen LogP contribution is 2.42. The van der Waals surface area contributed by atoms with Crippen molar-refractivity contribution >= 4 is 23.1 Å². The zero-order valence-corrected chi connectivity index (χ0v) is 17.3. The van der Waals surface area contributed by atoms with Crippen molar-refractivity contribution in [3.8, 4) is 5.75 Å². The predicted molar refractivity (Wildman–Crippen MR) is 118 cm³/mol. The number of ketones is 1. The van der Waals surface area contributed by atoms with Gasteiger partial charge in [0.2, 0.25) is 0 Å². The SMILES string of the molecule is CCOc1ccc(N2C(=O)C(=O)C(=C(O)c3ccc(C)cc3)[C@H]2c2cccnc2)cc1. The first-order chi connectivity index (χ1) is 15.0. The fourth-order valence-electron chi connectivity index (χ4n) is 3.69. The van der Waals surface area contributed by atoms with Crippen LogP contribution in [0.4, 0.5) is 5.69 Å². The minimum Gasteiger partial charge on any atom is -0.507 e. The number of aryl methyl sites for hydroxylation is 1. The molecule has 0 unspecified atom stereocenters. The molecule has 31 heavy (non-hydrogen) atoms. The van der Waals surface area contributed by atoms with Crippen molar-refractivity contribution in [3.63, 3.8) is 0 Å². The zero-order chi connectivity index (χ0) is 22.0. The molecule has 2 heterocycles. The molecule has 1 amide bonds. The molecular formula is C25H22N2O4. The van der Waals surface area contributed by atoms with E-state index >= 15 is 0 Å². The van der Waals surface area contributed by atoms with Crippen molar-refractivity contribution < 1.29 is 19.4 Å². The number of nitrogens with zero attached hydrogens (tertiary/aromatic N) is 2. The average Bonchev–Trinajstić information content (AvgIpc) is 3.06.